The van der Waals surface area contributed by atoms with Crippen molar-refractivity contribution in [2.75, 3.05) is 6.54 Å². The average Bonchev–Trinajstić information content (AvgIpc) is 2.61. The molecule has 0 aromatic carbocycles. The quantitative estimate of drug-likeness (QED) is 0.756. The second kappa shape index (κ2) is 6.33. The van der Waals surface area contributed by atoms with Crippen LogP contribution in [-0.4, -0.2) is 23.1 Å². The van der Waals surface area contributed by atoms with Crippen molar-refractivity contribution in [2.24, 2.45) is 7.05 Å². The van der Waals surface area contributed by atoms with Gasteiger partial charge >= 0.3 is 0 Å². The van der Waals surface area contributed by atoms with E-state index in [-0.39, 0.29) is 11.9 Å². The van der Waals surface area contributed by atoms with Crippen molar-refractivity contribution in [3.8, 4) is 0 Å². The summed E-state index contributed by atoms with van der Waals surface area (Å²) < 4.78 is 1.97. The fraction of sp³-hybridized carbons (Fsp3) is 0.583. The zero-order valence-corrected chi connectivity index (χ0v) is 10.3. The molecule has 16 heavy (non-hydrogen) atoms. The van der Waals surface area contributed by atoms with Crippen molar-refractivity contribution in [3.63, 3.8) is 0 Å². The molecule has 1 atom stereocenters. The number of carbonyl (C=O) groups is 1. The number of aryl methyl sites for hydroxylation is 1. The zero-order valence-electron chi connectivity index (χ0n) is 10.3. The van der Waals surface area contributed by atoms with Gasteiger partial charge in [-0.2, -0.15) is 0 Å². The molecule has 0 spiro atoms. The van der Waals surface area contributed by atoms with Gasteiger partial charge in [0, 0.05) is 38.4 Å². The van der Waals surface area contributed by atoms with Crippen molar-refractivity contribution >= 4 is 5.91 Å². The largest absolute Gasteiger partial charge is 0.357 e. The Morgan fingerprint density at radius 3 is 2.88 bits per heavy atom. The van der Waals surface area contributed by atoms with Crippen molar-refractivity contribution in [3.05, 3.63) is 24.0 Å². The first kappa shape index (κ1) is 12.8. The summed E-state index contributed by atoms with van der Waals surface area (Å²) in [4.78, 5) is 11.6. The van der Waals surface area contributed by atoms with Gasteiger partial charge in [-0.1, -0.05) is 6.92 Å². The summed E-state index contributed by atoms with van der Waals surface area (Å²) in [5.74, 6) is 0.0947. The summed E-state index contributed by atoms with van der Waals surface area (Å²) in [5.41, 5.74) is 1.13. The van der Waals surface area contributed by atoms with E-state index in [0.29, 0.717) is 13.0 Å². The van der Waals surface area contributed by atoms with E-state index in [2.05, 4.69) is 10.6 Å². The topological polar surface area (TPSA) is 46.1 Å². The molecule has 0 aliphatic heterocycles. The van der Waals surface area contributed by atoms with Crippen molar-refractivity contribution in [1.82, 2.24) is 15.2 Å². The maximum absolute atomic E-state index is 11.6. The van der Waals surface area contributed by atoms with Crippen molar-refractivity contribution in [1.29, 1.82) is 0 Å². The number of rotatable bonds is 6. The SMILES string of the molecule is CCNC(C)CC(=O)NCc1ccn(C)c1. The van der Waals surface area contributed by atoms with Crippen LogP contribution in [0.1, 0.15) is 25.8 Å². The molecule has 1 unspecified atom stereocenters. The number of nitrogens with zero attached hydrogens (tertiary/aromatic N) is 1. The molecular formula is C12H21N3O. The Bertz CT molecular complexity index is 333. The lowest BCUT2D eigenvalue weighted by Gasteiger charge is -2.11. The molecule has 0 fully saturated rings. The number of carbonyl (C=O) groups excluding carboxylic acids is 1. The molecule has 0 radical (unpaired) electrons. The molecule has 1 heterocycles. The monoisotopic (exact) mass is 223 g/mol. The molecule has 90 valence electrons. The van der Waals surface area contributed by atoms with Gasteiger partial charge in [-0.25, -0.2) is 0 Å². The van der Waals surface area contributed by atoms with Crippen molar-refractivity contribution < 1.29 is 4.79 Å². The smallest absolute Gasteiger partial charge is 0.221 e. The molecule has 0 saturated carbocycles. The summed E-state index contributed by atoms with van der Waals surface area (Å²) >= 11 is 0. The third kappa shape index (κ3) is 4.49. The van der Waals surface area contributed by atoms with E-state index in [1.165, 1.54) is 0 Å². The van der Waals surface area contributed by atoms with E-state index in [1.807, 2.05) is 43.9 Å². The lowest BCUT2D eigenvalue weighted by Crippen LogP contribution is -2.33. The van der Waals surface area contributed by atoms with Gasteiger partial charge < -0.3 is 15.2 Å². The highest BCUT2D eigenvalue weighted by Crippen LogP contribution is 1.99. The van der Waals surface area contributed by atoms with Crippen LogP contribution < -0.4 is 10.6 Å². The third-order valence-corrected chi connectivity index (χ3v) is 2.43. The van der Waals surface area contributed by atoms with Crippen LogP contribution in [0.4, 0.5) is 0 Å². The van der Waals surface area contributed by atoms with Gasteiger partial charge in [0.2, 0.25) is 5.91 Å². The second-order valence-electron chi connectivity index (χ2n) is 4.12. The molecule has 4 nitrogen and oxygen atoms in total. The highest BCUT2D eigenvalue weighted by Gasteiger charge is 2.07. The van der Waals surface area contributed by atoms with Gasteiger partial charge in [-0.3, -0.25) is 4.79 Å². The fourth-order valence-corrected chi connectivity index (χ4v) is 1.64. The maximum atomic E-state index is 11.6. The number of hydrogen-bond donors (Lipinski definition) is 2. The molecule has 0 saturated heterocycles. The normalized spacial score (nSPS) is 12.4. The van der Waals surface area contributed by atoms with Crippen LogP contribution in [0.25, 0.3) is 0 Å². The van der Waals surface area contributed by atoms with Gasteiger partial charge in [0.15, 0.2) is 0 Å². The molecule has 0 aliphatic rings. The lowest BCUT2D eigenvalue weighted by molar-refractivity contribution is -0.121. The number of amides is 1. The van der Waals surface area contributed by atoms with Crippen LogP contribution in [0.3, 0.4) is 0 Å². The molecule has 1 aromatic rings. The Labute approximate surface area is 97.0 Å². The van der Waals surface area contributed by atoms with Crippen LogP contribution in [0.2, 0.25) is 0 Å². The standard InChI is InChI=1S/C12H21N3O/c1-4-13-10(2)7-12(16)14-8-11-5-6-15(3)9-11/h5-6,9-10,13H,4,7-8H2,1-3H3,(H,14,16). The minimum atomic E-state index is 0.0947. The molecule has 1 aromatic heterocycles. The third-order valence-electron chi connectivity index (χ3n) is 2.43. The Hall–Kier alpha value is -1.29. The molecule has 1 rings (SSSR count). The van der Waals surface area contributed by atoms with E-state index in [1.54, 1.807) is 0 Å². The Morgan fingerprint density at radius 1 is 1.56 bits per heavy atom. The summed E-state index contributed by atoms with van der Waals surface area (Å²) in [6.45, 7) is 5.57. The van der Waals surface area contributed by atoms with E-state index in [9.17, 15) is 4.79 Å². The van der Waals surface area contributed by atoms with E-state index in [0.717, 1.165) is 12.1 Å². The summed E-state index contributed by atoms with van der Waals surface area (Å²) in [7, 11) is 1.97. The molecule has 4 heteroatoms. The minimum absolute atomic E-state index is 0.0947. The summed E-state index contributed by atoms with van der Waals surface area (Å²) in [6, 6.07) is 2.24. The van der Waals surface area contributed by atoms with Crippen LogP contribution >= 0.6 is 0 Å². The van der Waals surface area contributed by atoms with Crippen LogP contribution in [0.5, 0.6) is 0 Å². The average molecular weight is 223 g/mol. The summed E-state index contributed by atoms with van der Waals surface area (Å²) in [5, 5.41) is 6.12. The molecule has 1 amide bonds. The fourth-order valence-electron chi connectivity index (χ4n) is 1.64. The highest BCUT2D eigenvalue weighted by atomic mass is 16.1. The van der Waals surface area contributed by atoms with E-state index in [4.69, 9.17) is 0 Å². The number of aromatic nitrogens is 1. The van der Waals surface area contributed by atoms with Crippen LogP contribution in [0, 0.1) is 0 Å². The first-order valence-electron chi connectivity index (χ1n) is 5.72. The van der Waals surface area contributed by atoms with Gasteiger partial charge in [-0.05, 0) is 25.1 Å². The molecular weight excluding hydrogens is 202 g/mol. The predicted octanol–water partition coefficient (Wildman–Crippen LogP) is 1.03. The maximum Gasteiger partial charge on any atom is 0.221 e. The van der Waals surface area contributed by atoms with Gasteiger partial charge in [0.25, 0.3) is 0 Å². The van der Waals surface area contributed by atoms with Crippen LogP contribution in [-0.2, 0) is 18.4 Å². The zero-order chi connectivity index (χ0) is 12.0. The highest BCUT2D eigenvalue weighted by molar-refractivity contribution is 5.76. The molecule has 0 aliphatic carbocycles. The van der Waals surface area contributed by atoms with Crippen molar-refractivity contribution in [2.45, 2.75) is 32.9 Å². The van der Waals surface area contributed by atoms with Crippen LogP contribution in [0.15, 0.2) is 18.5 Å². The van der Waals surface area contributed by atoms with Gasteiger partial charge in [0.05, 0.1) is 0 Å². The molecule has 2 N–H and O–H groups in total. The predicted molar refractivity (Wildman–Crippen MR) is 65.0 cm³/mol. The Morgan fingerprint density at radius 2 is 2.31 bits per heavy atom. The number of nitrogens with one attached hydrogen (secondary N) is 2. The van der Waals surface area contributed by atoms with Gasteiger partial charge in [0.1, 0.15) is 0 Å². The second-order valence-corrected chi connectivity index (χ2v) is 4.12. The van der Waals surface area contributed by atoms with E-state index < -0.39 is 0 Å². The van der Waals surface area contributed by atoms with E-state index >= 15 is 0 Å². The number of hydrogen-bond acceptors (Lipinski definition) is 2. The van der Waals surface area contributed by atoms with Gasteiger partial charge in [-0.15, -0.1) is 0 Å². The summed E-state index contributed by atoms with van der Waals surface area (Å²) in [6.07, 6.45) is 4.51. The Kier molecular flexibility index (Phi) is 5.05. The first-order valence-corrected chi connectivity index (χ1v) is 5.72. The first-order chi connectivity index (χ1) is 7.61. The molecule has 0 bridgehead atoms. The Balaban J connectivity index is 2.25. The minimum Gasteiger partial charge on any atom is -0.357 e. The lowest BCUT2D eigenvalue weighted by atomic mass is 10.2.